The van der Waals surface area contributed by atoms with E-state index in [1.54, 1.807) is 32.1 Å². The quantitative estimate of drug-likeness (QED) is 0.403. The van der Waals surface area contributed by atoms with Crippen LogP contribution in [0.4, 0.5) is 4.39 Å². The van der Waals surface area contributed by atoms with E-state index in [-0.39, 0.29) is 23.2 Å². The Labute approximate surface area is 194 Å². The molecule has 0 heterocycles. The van der Waals surface area contributed by atoms with Crippen molar-refractivity contribution in [1.82, 2.24) is 4.31 Å². The summed E-state index contributed by atoms with van der Waals surface area (Å²) in [6.07, 6.45) is 1.54. The molecule has 0 aromatic heterocycles. The zero-order chi connectivity index (χ0) is 24.1. The summed E-state index contributed by atoms with van der Waals surface area (Å²) in [4.78, 5) is -0.171. The zero-order valence-electron chi connectivity index (χ0n) is 18.1. The molecule has 0 spiro atoms. The van der Waals surface area contributed by atoms with Gasteiger partial charge in [-0.1, -0.05) is 42.5 Å². The van der Waals surface area contributed by atoms with Gasteiger partial charge in [-0.25, -0.2) is 12.8 Å². The molecule has 6 nitrogen and oxygen atoms in total. The van der Waals surface area contributed by atoms with E-state index in [1.165, 1.54) is 21.8 Å². The molecule has 0 saturated carbocycles. The van der Waals surface area contributed by atoms with Crippen molar-refractivity contribution in [2.75, 3.05) is 0 Å². The Balaban J connectivity index is 1.73. The van der Waals surface area contributed by atoms with Crippen LogP contribution in [-0.2, 0) is 26.7 Å². The van der Waals surface area contributed by atoms with Crippen molar-refractivity contribution in [2.45, 2.75) is 31.3 Å². The maximum absolute atomic E-state index is 13.0. The van der Waals surface area contributed by atoms with Crippen LogP contribution in [0.3, 0.4) is 0 Å². The van der Waals surface area contributed by atoms with Gasteiger partial charge in [0.2, 0.25) is 10.0 Å². The molecule has 0 radical (unpaired) electrons. The van der Waals surface area contributed by atoms with E-state index in [1.807, 2.05) is 30.3 Å². The van der Waals surface area contributed by atoms with Crippen molar-refractivity contribution >= 4 is 26.2 Å². The molecule has 0 fully saturated rings. The van der Waals surface area contributed by atoms with Crippen LogP contribution in [-0.4, -0.2) is 27.2 Å². The molecule has 33 heavy (non-hydrogen) atoms. The monoisotopic (exact) mass is 489 g/mol. The lowest BCUT2D eigenvalue weighted by Gasteiger charge is -2.24. The van der Waals surface area contributed by atoms with E-state index in [2.05, 4.69) is 0 Å². The lowest BCUT2D eigenvalue weighted by Crippen LogP contribution is -2.35. The summed E-state index contributed by atoms with van der Waals surface area (Å²) in [6, 6.07) is 19.2. The number of hydrogen-bond donors (Lipinski definition) is 0. The maximum atomic E-state index is 13.0. The summed E-state index contributed by atoms with van der Waals surface area (Å²) in [6.45, 7) is 3.66. The van der Waals surface area contributed by atoms with Gasteiger partial charge in [-0.2, -0.15) is 12.7 Å². The highest BCUT2D eigenvalue weighted by molar-refractivity contribution is 7.92. The second-order valence-corrected chi connectivity index (χ2v) is 10.9. The summed E-state index contributed by atoms with van der Waals surface area (Å²) in [5.41, 5.74) is 1.43. The van der Waals surface area contributed by atoms with E-state index in [4.69, 9.17) is 4.18 Å². The molecular formula is C24H24FNO5S2. The van der Waals surface area contributed by atoms with Crippen LogP contribution in [0.5, 0.6) is 5.75 Å². The van der Waals surface area contributed by atoms with Crippen molar-refractivity contribution in [3.63, 3.8) is 0 Å². The fourth-order valence-corrected chi connectivity index (χ4v) is 5.31. The van der Waals surface area contributed by atoms with Gasteiger partial charge < -0.3 is 4.18 Å². The summed E-state index contributed by atoms with van der Waals surface area (Å²) in [7, 11) is -7.82. The molecule has 3 aromatic carbocycles. The third kappa shape index (κ3) is 6.74. The van der Waals surface area contributed by atoms with Crippen LogP contribution in [0.2, 0.25) is 0 Å². The first-order valence-corrected chi connectivity index (χ1v) is 13.0. The molecule has 0 N–H and O–H groups in total. The van der Waals surface area contributed by atoms with Gasteiger partial charge in [0.1, 0.15) is 16.5 Å². The van der Waals surface area contributed by atoms with Gasteiger partial charge >= 0.3 is 10.1 Å². The Bertz CT molecular complexity index is 1300. The highest BCUT2D eigenvalue weighted by atomic mass is 32.2. The molecule has 174 valence electrons. The Hall–Kier alpha value is -3.01. The smallest absolute Gasteiger partial charge is 0.339 e. The summed E-state index contributed by atoms with van der Waals surface area (Å²) in [5.74, 6) is -0.493. The van der Waals surface area contributed by atoms with E-state index in [9.17, 15) is 21.2 Å². The van der Waals surface area contributed by atoms with Gasteiger partial charge in [0.05, 0.1) is 0 Å². The first kappa shape index (κ1) is 24.6. The number of halogens is 1. The minimum Gasteiger partial charge on any atom is -0.379 e. The van der Waals surface area contributed by atoms with E-state index in [0.717, 1.165) is 29.8 Å². The Morgan fingerprint density at radius 1 is 0.879 bits per heavy atom. The standard InChI is InChI=1S/C24H24FNO5S2/c1-19(2)26(32(27,28)17-16-20-6-4-3-5-7-20)18-21-8-12-23(13-9-21)31-33(29,30)24-14-10-22(25)11-15-24/h3-17,19H,18H2,1-2H3. The van der Waals surface area contributed by atoms with Crippen LogP contribution in [0.1, 0.15) is 25.0 Å². The molecule has 0 aliphatic rings. The lowest BCUT2D eigenvalue weighted by molar-refractivity contribution is 0.353. The molecular weight excluding hydrogens is 465 g/mol. The fraction of sp³-hybridized carbons (Fsp3) is 0.167. The largest absolute Gasteiger partial charge is 0.379 e. The highest BCUT2D eigenvalue weighted by Crippen LogP contribution is 2.22. The molecule has 0 unspecified atom stereocenters. The molecule has 0 amide bonds. The Morgan fingerprint density at radius 3 is 2.06 bits per heavy atom. The van der Waals surface area contributed by atoms with Crippen molar-refractivity contribution in [1.29, 1.82) is 0 Å². The second kappa shape index (κ2) is 10.3. The van der Waals surface area contributed by atoms with Gasteiger partial charge in [-0.15, -0.1) is 0 Å². The molecule has 9 heteroatoms. The predicted molar refractivity (Wildman–Crippen MR) is 126 cm³/mol. The van der Waals surface area contributed by atoms with Gasteiger partial charge in [-0.3, -0.25) is 0 Å². The van der Waals surface area contributed by atoms with Gasteiger partial charge in [-0.05, 0) is 67.4 Å². The topological polar surface area (TPSA) is 80.8 Å². The predicted octanol–water partition coefficient (Wildman–Crippen LogP) is 4.80. The maximum Gasteiger partial charge on any atom is 0.339 e. The summed E-state index contributed by atoms with van der Waals surface area (Å²) >= 11 is 0. The molecule has 0 saturated heterocycles. The molecule has 0 bridgehead atoms. The molecule has 0 atom stereocenters. The minimum absolute atomic E-state index is 0.0611. The van der Waals surface area contributed by atoms with Crippen molar-refractivity contribution < 1.29 is 25.4 Å². The van der Waals surface area contributed by atoms with Crippen LogP contribution < -0.4 is 4.18 Å². The van der Waals surface area contributed by atoms with Crippen LogP contribution in [0, 0.1) is 5.82 Å². The minimum atomic E-state index is -4.12. The first-order valence-electron chi connectivity index (χ1n) is 10.1. The number of benzene rings is 3. The van der Waals surface area contributed by atoms with Gasteiger partial charge in [0.25, 0.3) is 0 Å². The number of nitrogens with zero attached hydrogens (tertiary/aromatic N) is 1. The van der Waals surface area contributed by atoms with E-state index < -0.39 is 26.0 Å². The number of rotatable bonds is 9. The molecule has 3 rings (SSSR count). The summed E-state index contributed by atoms with van der Waals surface area (Å²) in [5, 5.41) is 1.18. The average molecular weight is 490 g/mol. The Kier molecular flexibility index (Phi) is 7.68. The Morgan fingerprint density at radius 2 is 1.48 bits per heavy atom. The molecule has 0 aliphatic carbocycles. The summed E-state index contributed by atoms with van der Waals surface area (Å²) < 4.78 is 70.0. The molecule has 3 aromatic rings. The lowest BCUT2D eigenvalue weighted by atomic mass is 10.2. The normalized spacial score (nSPS) is 12.5. The third-order valence-corrected chi connectivity index (χ3v) is 7.65. The molecule has 0 aliphatic heterocycles. The van der Waals surface area contributed by atoms with Crippen LogP contribution >= 0.6 is 0 Å². The SMILES string of the molecule is CC(C)N(Cc1ccc(OS(=O)(=O)c2ccc(F)cc2)cc1)S(=O)(=O)C=Cc1ccccc1. The van der Waals surface area contributed by atoms with Crippen molar-refractivity contribution in [3.8, 4) is 5.75 Å². The van der Waals surface area contributed by atoms with Crippen LogP contribution in [0.15, 0.2) is 89.2 Å². The van der Waals surface area contributed by atoms with Gasteiger partial charge in [0.15, 0.2) is 0 Å². The first-order chi connectivity index (χ1) is 15.6. The fourth-order valence-electron chi connectivity index (χ4n) is 2.98. The second-order valence-electron chi connectivity index (χ2n) is 7.53. The zero-order valence-corrected chi connectivity index (χ0v) is 19.8. The third-order valence-electron chi connectivity index (χ3n) is 4.70. The highest BCUT2D eigenvalue weighted by Gasteiger charge is 2.23. The van der Waals surface area contributed by atoms with Crippen molar-refractivity contribution in [3.05, 3.63) is 101 Å². The van der Waals surface area contributed by atoms with Crippen molar-refractivity contribution in [2.24, 2.45) is 0 Å². The number of sulfonamides is 1. The van der Waals surface area contributed by atoms with Gasteiger partial charge in [0, 0.05) is 18.0 Å². The average Bonchev–Trinajstić information content (AvgIpc) is 2.77. The van der Waals surface area contributed by atoms with Crippen LogP contribution in [0.25, 0.3) is 6.08 Å². The van der Waals surface area contributed by atoms with E-state index in [0.29, 0.717) is 5.56 Å². The van der Waals surface area contributed by atoms with E-state index >= 15 is 0 Å². The number of hydrogen-bond acceptors (Lipinski definition) is 5.